The maximum absolute atomic E-state index is 12.9. The van der Waals surface area contributed by atoms with Gasteiger partial charge in [-0.1, -0.05) is 6.42 Å². The van der Waals surface area contributed by atoms with E-state index in [-0.39, 0.29) is 54.9 Å². The van der Waals surface area contributed by atoms with Gasteiger partial charge in [-0.15, -0.1) is 24.0 Å². The molecule has 0 heterocycles. The Bertz CT molecular complexity index is 483. The van der Waals surface area contributed by atoms with Crippen LogP contribution >= 0.6 is 24.0 Å². The summed E-state index contributed by atoms with van der Waals surface area (Å²) >= 11 is 0. The summed E-state index contributed by atoms with van der Waals surface area (Å²) in [5.41, 5.74) is 0. The summed E-state index contributed by atoms with van der Waals surface area (Å²) in [6.07, 6.45) is 2.61. The van der Waals surface area contributed by atoms with Crippen LogP contribution in [0.25, 0.3) is 0 Å². The van der Waals surface area contributed by atoms with Crippen molar-refractivity contribution < 1.29 is 22.7 Å². The maximum Gasteiger partial charge on any atom is 0.391 e. The Morgan fingerprint density at radius 1 is 1.15 bits per heavy atom. The summed E-state index contributed by atoms with van der Waals surface area (Å²) in [7, 11) is 1.59. The Labute approximate surface area is 176 Å². The fourth-order valence-corrected chi connectivity index (χ4v) is 3.70. The number of hydrogen-bond acceptors (Lipinski definition) is 3. The van der Waals surface area contributed by atoms with E-state index < -0.39 is 12.1 Å². The van der Waals surface area contributed by atoms with Gasteiger partial charge in [-0.2, -0.15) is 13.2 Å². The van der Waals surface area contributed by atoms with Crippen molar-refractivity contribution in [1.29, 1.82) is 0 Å². The number of nitrogens with zero attached hydrogens (tertiary/aromatic N) is 1. The number of carbonyl (C=O) groups excluding carboxylic acids is 1. The molecule has 5 nitrogen and oxygen atoms in total. The van der Waals surface area contributed by atoms with Crippen LogP contribution in [-0.4, -0.2) is 43.8 Å². The van der Waals surface area contributed by atoms with E-state index in [1.807, 2.05) is 0 Å². The first-order valence-electron chi connectivity index (χ1n) is 9.62. The lowest BCUT2D eigenvalue weighted by atomic mass is 9.85. The molecule has 0 spiro atoms. The molecule has 0 aromatic rings. The number of halogens is 4. The van der Waals surface area contributed by atoms with Crippen LogP contribution in [0.3, 0.4) is 0 Å². The van der Waals surface area contributed by atoms with Crippen LogP contribution in [-0.2, 0) is 9.53 Å². The topological polar surface area (TPSA) is 62.7 Å². The molecule has 0 saturated heterocycles. The molecule has 0 aromatic carbocycles. The third-order valence-electron chi connectivity index (χ3n) is 5.15. The number of alkyl halides is 3. The number of hydrogen-bond donors (Lipinski definition) is 2. The quantitative estimate of drug-likeness (QED) is 0.187. The van der Waals surface area contributed by atoms with Crippen LogP contribution in [0.4, 0.5) is 13.2 Å². The minimum atomic E-state index is -4.13. The molecule has 158 valence electrons. The Morgan fingerprint density at radius 3 is 2.48 bits per heavy atom. The molecule has 2 aliphatic carbocycles. The summed E-state index contributed by atoms with van der Waals surface area (Å²) in [6, 6.07) is -0.228. The van der Waals surface area contributed by atoms with Crippen LogP contribution in [0.15, 0.2) is 4.99 Å². The smallest absolute Gasteiger partial charge is 0.391 e. The molecule has 0 radical (unpaired) electrons. The summed E-state index contributed by atoms with van der Waals surface area (Å²) in [5, 5.41) is 6.15. The molecule has 2 fully saturated rings. The first kappa shape index (κ1) is 24.3. The number of guanidine groups is 1. The minimum Gasteiger partial charge on any atom is -0.462 e. The molecule has 0 bridgehead atoms. The molecule has 2 N–H and O–H groups in total. The molecule has 0 aliphatic heterocycles. The van der Waals surface area contributed by atoms with E-state index in [1.54, 1.807) is 7.05 Å². The Kier molecular flexibility index (Phi) is 10.8. The number of rotatable bonds is 6. The van der Waals surface area contributed by atoms with Crippen molar-refractivity contribution in [3.63, 3.8) is 0 Å². The van der Waals surface area contributed by atoms with E-state index in [4.69, 9.17) is 4.74 Å². The Balaban J connectivity index is 0.00000364. The summed E-state index contributed by atoms with van der Waals surface area (Å²) in [6.45, 7) is 0.523. The summed E-state index contributed by atoms with van der Waals surface area (Å²) < 4.78 is 44.0. The zero-order valence-corrected chi connectivity index (χ0v) is 18.1. The molecule has 9 heteroatoms. The number of ether oxygens (including phenoxy) is 1. The molecule has 0 aromatic heterocycles. The van der Waals surface area contributed by atoms with Gasteiger partial charge in [-0.05, 0) is 51.4 Å². The third kappa shape index (κ3) is 8.87. The lowest BCUT2D eigenvalue weighted by Crippen LogP contribution is -2.47. The molecule has 2 unspecified atom stereocenters. The second-order valence-corrected chi connectivity index (χ2v) is 7.25. The van der Waals surface area contributed by atoms with Gasteiger partial charge in [-0.25, -0.2) is 0 Å². The van der Waals surface area contributed by atoms with Crippen LogP contribution in [0.5, 0.6) is 0 Å². The standard InChI is InChI=1S/C18H30F3N3O2.HI/c1-22-17(24-14-7-4-6-13(12-14)18(19,20)21)23-11-5-10-16(25)26-15-8-2-3-9-15;/h13-15H,2-12H2,1H3,(H2,22,23,24);1H. The van der Waals surface area contributed by atoms with E-state index in [2.05, 4.69) is 15.6 Å². The zero-order valence-electron chi connectivity index (χ0n) is 15.8. The van der Waals surface area contributed by atoms with Gasteiger partial charge in [0.05, 0.1) is 5.92 Å². The van der Waals surface area contributed by atoms with Crippen molar-refractivity contribution in [2.24, 2.45) is 10.9 Å². The van der Waals surface area contributed by atoms with Gasteiger partial charge >= 0.3 is 12.1 Å². The van der Waals surface area contributed by atoms with E-state index in [0.29, 0.717) is 38.2 Å². The van der Waals surface area contributed by atoms with Gasteiger partial charge in [0, 0.05) is 26.1 Å². The highest BCUT2D eigenvalue weighted by Crippen LogP contribution is 2.37. The van der Waals surface area contributed by atoms with E-state index >= 15 is 0 Å². The van der Waals surface area contributed by atoms with Gasteiger partial charge in [0.2, 0.25) is 0 Å². The van der Waals surface area contributed by atoms with Crippen LogP contribution in [0.1, 0.15) is 64.2 Å². The molecule has 0 amide bonds. The number of aliphatic imine (C=N–C) groups is 1. The zero-order chi connectivity index (χ0) is 19.0. The monoisotopic (exact) mass is 505 g/mol. The molecule has 2 atom stereocenters. The maximum atomic E-state index is 12.9. The highest BCUT2D eigenvalue weighted by molar-refractivity contribution is 14.0. The predicted molar refractivity (Wildman–Crippen MR) is 109 cm³/mol. The summed E-state index contributed by atoms with van der Waals surface area (Å²) in [4.78, 5) is 15.8. The highest BCUT2D eigenvalue weighted by Gasteiger charge is 2.42. The highest BCUT2D eigenvalue weighted by atomic mass is 127. The second kappa shape index (κ2) is 12.0. The fourth-order valence-electron chi connectivity index (χ4n) is 3.70. The van der Waals surface area contributed by atoms with Crippen molar-refractivity contribution in [3.8, 4) is 0 Å². The molecule has 2 rings (SSSR count). The van der Waals surface area contributed by atoms with E-state index in [0.717, 1.165) is 25.7 Å². The number of esters is 1. The van der Waals surface area contributed by atoms with Crippen molar-refractivity contribution >= 4 is 35.9 Å². The number of carbonyl (C=O) groups is 1. The number of nitrogens with one attached hydrogen (secondary N) is 2. The van der Waals surface area contributed by atoms with Crippen molar-refractivity contribution in [2.45, 2.75) is 82.5 Å². The normalized spacial score (nSPS) is 24.2. The van der Waals surface area contributed by atoms with Gasteiger partial charge < -0.3 is 15.4 Å². The van der Waals surface area contributed by atoms with Gasteiger partial charge in [-0.3, -0.25) is 9.79 Å². The van der Waals surface area contributed by atoms with Gasteiger partial charge in [0.15, 0.2) is 5.96 Å². The third-order valence-corrected chi connectivity index (χ3v) is 5.15. The van der Waals surface area contributed by atoms with Crippen LogP contribution in [0.2, 0.25) is 0 Å². The Hall–Kier alpha value is -0.740. The molecule has 2 aliphatic rings. The van der Waals surface area contributed by atoms with Gasteiger partial charge in [0.1, 0.15) is 6.10 Å². The van der Waals surface area contributed by atoms with Crippen LogP contribution < -0.4 is 10.6 Å². The van der Waals surface area contributed by atoms with Crippen molar-refractivity contribution in [3.05, 3.63) is 0 Å². The Morgan fingerprint density at radius 2 is 1.85 bits per heavy atom. The average Bonchev–Trinajstić information content (AvgIpc) is 3.10. The van der Waals surface area contributed by atoms with Crippen LogP contribution in [0, 0.1) is 5.92 Å². The SMILES string of the molecule is CN=C(NCCCC(=O)OC1CCCC1)NC1CCCC(C(F)(F)F)C1.I. The fraction of sp³-hybridized carbons (Fsp3) is 0.889. The lowest BCUT2D eigenvalue weighted by molar-refractivity contribution is -0.183. The lowest BCUT2D eigenvalue weighted by Gasteiger charge is -2.31. The first-order chi connectivity index (χ1) is 12.4. The molecular formula is C18H31F3IN3O2. The molecular weight excluding hydrogens is 474 g/mol. The predicted octanol–water partition coefficient (Wildman–Crippen LogP) is 4.16. The average molecular weight is 505 g/mol. The first-order valence-corrected chi connectivity index (χ1v) is 9.62. The minimum absolute atomic E-state index is 0. The van der Waals surface area contributed by atoms with Gasteiger partial charge in [0.25, 0.3) is 0 Å². The largest absolute Gasteiger partial charge is 0.462 e. The second-order valence-electron chi connectivity index (χ2n) is 7.25. The van der Waals surface area contributed by atoms with Crippen molar-refractivity contribution in [1.82, 2.24) is 10.6 Å². The van der Waals surface area contributed by atoms with Crippen molar-refractivity contribution in [2.75, 3.05) is 13.6 Å². The molecule has 27 heavy (non-hydrogen) atoms. The molecule has 2 saturated carbocycles. The van der Waals surface area contributed by atoms with E-state index in [9.17, 15) is 18.0 Å². The summed E-state index contributed by atoms with van der Waals surface area (Å²) in [5.74, 6) is -0.929. The van der Waals surface area contributed by atoms with E-state index in [1.165, 1.54) is 0 Å².